The maximum absolute atomic E-state index is 12.3. The largest absolute Gasteiger partial charge is 0.470 e. The van der Waals surface area contributed by atoms with Crippen LogP contribution in [0.15, 0.2) is 42.7 Å². The predicted molar refractivity (Wildman–Crippen MR) is 99.1 cm³/mol. The fourth-order valence-corrected chi connectivity index (χ4v) is 3.68. The summed E-state index contributed by atoms with van der Waals surface area (Å²) in [6, 6.07) is 12.0. The van der Waals surface area contributed by atoms with E-state index in [2.05, 4.69) is 27.2 Å². The Labute approximate surface area is 155 Å². The van der Waals surface area contributed by atoms with E-state index in [0.717, 1.165) is 11.4 Å². The van der Waals surface area contributed by atoms with Crippen LogP contribution < -0.4 is 4.74 Å². The molecule has 3 aromatic rings. The van der Waals surface area contributed by atoms with E-state index in [1.165, 1.54) is 11.9 Å². The van der Waals surface area contributed by atoms with Gasteiger partial charge in [-0.15, -0.1) is 11.8 Å². The molecule has 1 aliphatic rings. The molecule has 0 unspecified atom stereocenters. The molecule has 4 rings (SSSR count). The van der Waals surface area contributed by atoms with Crippen LogP contribution in [0.4, 0.5) is 0 Å². The van der Waals surface area contributed by atoms with Gasteiger partial charge < -0.3 is 9.64 Å². The lowest BCUT2D eigenvalue weighted by Gasteiger charge is -2.38. The third kappa shape index (κ3) is 3.65. The van der Waals surface area contributed by atoms with Gasteiger partial charge in [-0.2, -0.15) is 14.6 Å². The minimum Gasteiger partial charge on any atom is -0.470 e. The molecule has 7 nitrogen and oxygen atoms in total. The van der Waals surface area contributed by atoms with Gasteiger partial charge in [0.05, 0.1) is 18.8 Å². The molecule has 26 heavy (non-hydrogen) atoms. The van der Waals surface area contributed by atoms with Crippen LogP contribution in [0.1, 0.15) is 11.3 Å². The summed E-state index contributed by atoms with van der Waals surface area (Å²) in [7, 11) is 0. The average Bonchev–Trinajstić information content (AvgIpc) is 3.06. The number of ether oxygens (including phenoxy) is 1. The average molecular weight is 369 g/mol. The van der Waals surface area contributed by atoms with Crippen LogP contribution >= 0.6 is 11.8 Å². The molecule has 0 bridgehead atoms. The van der Waals surface area contributed by atoms with E-state index >= 15 is 0 Å². The number of rotatable bonds is 6. The molecule has 0 aliphatic carbocycles. The zero-order chi connectivity index (χ0) is 17.9. The minimum absolute atomic E-state index is 0.0210. The van der Waals surface area contributed by atoms with E-state index in [-0.39, 0.29) is 12.0 Å². The fourth-order valence-electron chi connectivity index (χ4n) is 2.79. The van der Waals surface area contributed by atoms with Crippen molar-refractivity contribution in [2.24, 2.45) is 0 Å². The number of thioether (sulfide) groups is 1. The number of hydrogen-bond donors (Lipinski definition) is 0. The molecule has 1 fully saturated rings. The summed E-state index contributed by atoms with van der Waals surface area (Å²) in [5, 5.41) is 4.13. The molecule has 0 radical (unpaired) electrons. The first-order valence-corrected chi connectivity index (χ1v) is 9.58. The van der Waals surface area contributed by atoms with Gasteiger partial charge in [-0.3, -0.25) is 4.79 Å². The maximum atomic E-state index is 12.3. The highest BCUT2D eigenvalue weighted by molar-refractivity contribution is 7.99. The predicted octanol–water partition coefficient (Wildman–Crippen LogP) is 1.96. The van der Waals surface area contributed by atoms with Gasteiger partial charge in [0, 0.05) is 17.5 Å². The van der Waals surface area contributed by atoms with Gasteiger partial charge in [0.2, 0.25) is 11.8 Å². The highest BCUT2D eigenvalue weighted by Crippen LogP contribution is 2.20. The lowest BCUT2D eigenvalue weighted by molar-refractivity contribution is -0.137. The van der Waals surface area contributed by atoms with Gasteiger partial charge in [-0.1, -0.05) is 30.3 Å². The molecule has 134 valence electrons. The van der Waals surface area contributed by atoms with Crippen LogP contribution in [0.25, 0.3) is 5.78 Å². The van der Waals surface area contributed by atoms with Crippen molar-refractivity contribution >= 4 is 23.4 Å². The molecule has 1 aromatic carbocycles. The van der Waals surface area contributed by atoms with Crippen molar-refractivity contribution in [1.82, 2.24) is 24.5 Å². The monoisotopic (exact) mass is 369 g/mol. The Morgan fingerprint density at radius 3 is 2.92 bits per heavy atom. The second-order valence-electron chi connectivity index (χ2n) is 6.22. The molecule has 1 amide bonds. The zero-order valence-corrected chi connectivity index (χ0v) is 15.2. The molecule has 0 N–H and O–H groups in total. The van der Waals surface area contributed by atoms with Gasteiger partial charge >= 0.3 is 0 Å². The number of nitrogens with zero attached hydrogens (tertiary/aromatic N) is 5. The van der Waals surface area contributed by atoms with Crippen molar-refractivity contribution in [2.75, 3.05) is 18.8 Å². The second kappa shape index (κ2) is 7.33. The number of aryl methyl sites for hydroxylation is 1. The standard InChI is InChI=1S/C18H19N5O2S/c1-13-7-17(23-18(21-13)19-12-20-23)25-15-8-22(9-15)16(24)11-26-10-14-5-3-2-4-6-14/h2-7,12,15H,8-11H2,1H3. The Hall–Kier alpha value is -2.61. The van der Waals surface area contributed by atoms with Crippen molar-refractivity contribution in [2.45, 2.75) is 18.8 Å². The van der Waals surface area contributed by atoms with Crippen LogP contribution in [0.5, 0.6) is 5.88 Å². The van der Waals surface area contributed by atoms with E-state index in [1.807, 2.05) is 36.1 Å². The Kier molecular flexibility index (Phi) is 4.75. The van der Waals surface area contributed by atoms with Gasteiger partial charge in [-0.25, -0.2) is 4.98 Å². The first kappa shape index (κ1) is 16.8. The Morgan fingerprint density at radius 1 is 1.31 bits per heavy atom. The first-order valence-electron chi connectivity index (χ1n) is 8.42. The van der Waals surface area contributed by atoms with E-state index in [1.54, 1.807) is 16.3 Å². The lowest BCUT2D eigenvalue weighted by atomic mass is 10.1. The summed E-state index contributed by atoms with van der Waals surface area (Å²) in [6.07, 6.45) is 1.43. The quantitative estimate of drug-likeness (QED) is 0.661. The third-order valence-corrected chi connectivity index (χ3v) is 5.16. The number of carbonyl (C=O) groups is 1. The molecule has 3 heterocycles. The molecule has 0 spiro atoms. The summed E-state index contributed by atoms with van der Waals surface area (Å²) >= 11 is 1.64. The summed E-state index contributed by atoms with van der Waals surface area (Å²) in [5.41, 5.74) is 2.06. The van der Waals surface area contributed by atoms with E-state index in [9.17, 15) is 4.79 Å². The van der Waals surface area contributed by atoms with E-state index in [4.69, 9.17) is 4.74 Å². The zero-order valence-electron chi connectivity index (χ0n) is 14.4. The molecule has 1 aliphatic heterocycles. The number of aromatic nitrogens is 4. The molecule has 0 atom stereocenters. The lowest BCUT2D eigenvalue weighted by Crippen LogP contribution is -2.56. The number of carbonyl (C=O) groups excluding carboxylic acids is 1. The summed E-state index contributed by atoms with van der Waals surface area (Å²) in [6.45, 7) is 3.09. The smallest absolute Gasteiger partial charge is 0.255 e. The van der Waals surface area contributed by atoms with Crippen molar-refractivity contribution in [3.05, 3.63) is 54.0 Å². The molecule has 0 saturated carbocycles. The topological polar surface area (TPSA) is 72.6 Å². The molecule has 2 aromatic heterocycles. The number of likely N-dealkylation sites (tertiary alicyclic amines) is 1. The van der Waals surface area contributed by atoms with Crippen molar-refractivity contribution in [3.63, 3.8) is 0 Å². The molecular formula is C18H19N5O2S. The number of fused-ring (bicyclic) bond motifs is 1. The Morgan fingerprint density at radius 2 is 2.12 bits per heavy atom. The molecule has 8 heteroatoms. The van der Waals surface area contributed by atoms with Crippen LogP contribution in [0.3, 0.4) is 0 Å². The highest BCUT2D eigenvalue weighted by Gasteiger charge is 2.32. The van der Waals surface area contributed by atoms with Crippen LogP contribution in [-0.4, -0.2) is 55.3 Å². The number of hydrogen-bond acceptors (Lipinski definition) is 6. The normalized spacial score (nSPS) is 14.4. The summed E-state index contributed by atoms with van der Waals surface area (Å²) in [4.78, 5) is 22.5. The molecule has 1 saturated heterocycles. The van der Waals surface area contributed by atoms with Gasteiger partial charge in [0.25, 0.3) is 5.78 Å². The maximum Gasteiger partial charge on any atom is 0.255 e. The SMILES string of the molecule is Cc1cc(OC2CN(C(=O)CSCc3ccccc3)C2)n2ncnc2n1. The summed E-state index contributed by atoms with van der Waals surface area (Å²) < 4.78 is 7.55. The Balaban J connectivity index is 1.26. The van der Waals surface area contributed by atoms with Gasteiger partial charge in [-0.05, 0) is 12.5 Å². The minimum atomic E-state index is -0.0210. The van der Waals surface area contributed by atoms with E-state index in [0.29, 0.717) is 30.5 Å². The third-order valence-electron chi connectivity index (χ3n) is 4.17. The summed E-state index contributed by atoms with van der Waals surface area (Å²) in [5.74, 6) is 2.62. The van der Waals surface area contributed by atoms with Crippen LogP contribution in [0, 0.1) is 6.92 Å². The first-order chi connectivity index (χ1) is 12.7. The number of benzene rings is 1. The Bertz CT molecular complexity index is 908. The fraction of sp³-hybridized carbons (Fsp3) is 0.333. The number of amides is 1. The second-order valence-corrected chi connectivity index (χ2v) is 7.21. The van der Waals surface area contributed by atoms with Crippen molar-refractivity contribution in [3.8, 4) is 5.88 Å². The van der Waals surface area contributed by atoms with Crippen LogP contribution in [-0.2, 0) is 10.5 Å². The van der Waals surface area contributed by atoms with Gasteiger partial charge in [0.1, 0.15) is 12.4 Å². The van der Waals surface area contributed by atoms with E-state index < -0.39 is 0 Å². The van der Waals surface area contributed by atoms with Crippen LogP contribution in [0.2, 0.25) is 0 Å². The van der Waals surface area contributed by atoms with Crippen molar-refractivity contribution in [1.29, 1.82) is 0 Å². The molecular weight excluding hydrogens is 350 g/mol. The van der Waals surface area contributed by atoms with Crippen molar-refractivity contribution < 1.29 is 9.53 Å². The van der Waals surface area contributed by atoms with Gasteiger partial charge in [0.15, 0.2) is 0 Å². The highest BCUT2D eigenvalue weighted by atomic mass is 32.2.